The van der Waals surface area contributed by atoms with Crippen molar-refractivity contribution in [2.75, 3.05) is 44.2 Å². The molecule has 1 N–H and O–H groups in total. The Labute approximate surface area is 172 Å². The number of amides is 1. The maximum Gasteiger partial charge on any atom is 0.282 e. The van der Waals surface area contributed by atoms with Crippen molar-refractivity contribution in [1.29, 1.82) is 0 Å². The zero-order valence-corrected chi connectivity index (χ0v) is 17.8. The minimum absolute atomic E-state index is 0.121. The highest BCUT2D eigenvalue weighted by atomic mass is 32.2. The van der Waals surface area contributed by atoms with Crippen molar-refractivity contribution in [1.82, 2.24) is 4.31 Å². The van der Waals surface area contributed by atoms with E-state index in [1.165, 1.54) is 5.56 Å². The first-order chi connectivity index (χ1) is 13.9. The van der Waals surface area contributed by atoms with Crippen LogP contribution in [-0.2, 0) is 21.2 Å². The normalized spacial score (nSPS) is 18.1. The second-order valence-electron chi connectivity index (χ2n) is 8.00. The predicted molar refractivity (Wildman–Crippen MR) is 113 cm³/mol. The second-order valence-corrected chi connectivity index (χ2v) is 9.94. The summed E-state index contributed by atoms with van der Waals surface area (Å²) in [5.41, 5.74) is 4.31. The largest absolute Gasteiger partial charge is 0.325 e. The predicted octanol–water partition coefficient (Wildman–Crippen LogP) is 0.782. The third kappa shape index (κ3) is 3.95. The maximum atomic E-state index is 13.0. The zero-order chi connectivity index (χ0) is 20.6. The molecule has 0 atom stereocenters. The summed E-state index contributed by atoms with van der Waals surface area (Å²) in [7, 11) is -3.48. The quantitative estimate of drug-likeness (QED) is 0.804. The average molecular weight is 415 g/mol. The van der Waals surface area contributed by atoms with Gasteiger partial charge in [0, 0.05) is 12.2 Å². The smallest absolute Gasteiger partial charge is 0.282 e. The van der Waals surface area contributed by atoms with Crippen molar-refractivity contribution >= 4 is 21.6 Å². The summed E-state index contributed by atoms with van der Waals surface area (Å²) >= 11 is 0. The van der Waals surface area contributed by atoms with Gasteiger partial charge in [0.05, 0.1) is 31.1 Å². The van der Waals surface area contributed by atoms with Crippen LogP contribution in [0.15, 0.2) is 47.4 Å². The van der Waals surface area contributed by atoms with Crippen molar-refractivity contribution in [2.45, 2.75) is 25.2 Å². The van der Waals surface area contributed by atoms with E-state index in [4.69, 9.17) is 0 Å². The molecule has 0 saturated carbocycles. The Bertz CT molecular complexity index is 1030. The van der Waals surface area contributed by atoms with E-state index in [2.05, 4.69) is 6.07 Å². The molecule has 0 unspecified atom stereocenters. The van der Waals surface area contributed by atoms with Crippen molar-refractivity contribution in [3.8, 4) is 0 Å². The number of para-hydroxylation sites is 1. The number of rotatable bonds is 4. The molecule has 0 bridgehead atoms. The Morgan fingerprint density at radius 2 is 1.72 bits per heavy atom. The van der Waals surface area contributed by atoms with Crippen LogP contribution in [0.3, 0.4) is 0 Å². The van der Waals surface area contributed by atoms with Gasteiger partial charge in [-0.25, -0.2) is 8.42 Å². The van der Waals surface area contributed by atoms with E-state index in [1.807, 2.05) is 43.0 Å². The van der Waals surface area contributed by atoms with Gasteiger partial charge < -0.3 is 9.80 Å². The molecular weight excluding hydrogens is 386 g/mol. The Kier molecular flexibility index (Phi) is 5.46. The average Bonchev–Trinajstić information content (AvgIpc) is 3.15. The lowest BCUT2D eigenvalue weighted by Gasteiger charge is -2.32. The lowest BCUT2D eigenvalue weighted by Crippen LogP contribution is -3.15. The Morgan fingerprint density at radius 1 is 1.00 bits per heavy atom. The molecule has 2 aliphatic heterocycles. The van der Waals surface area contributed by atoms with Gasteiger partial charge in [-0.05, 0) is 55.2 Å². The summed E-state index contributed by atoms with van der Waals surface area (Å²) in [6.07, 6.45) is 0.902. The maximum absolute atomic E-state index is 13.0. The van der Waals surface area contributed by atoms with E-state index in [1.54, 1.807) is 16.4 Å². The topological polar surface area (TPSA) is 62.1 Å². The molecule has 0 spiro atoms. The number of hydrogen-bond acceptors (Lipinski definition) is 3. The van der Waals surface area contributed by atoms with Gasteiger partial charge in [-0.3, -0.25) is 4.79 Å². The van der Waals surface area contributed by atoms with Crippen molar-refractivity contribution in [2.24, 2.45) is 0 Å². The number of sulfonamides is 1. The minimum atomic E-state index is -3.48. The van der Waals surface area contributed by atoms with E-state index in [9.17, 15) is 13.2 Å². The molecule has 2 heterocycles. The number of carbonyl (C=O) groups excluding carboxylic acids is 1. The summed E-state index contributed by atoms with van der Waals surface area (Å²) in [5, 5.41) is 0. The molecule has 29 heavy (non-hydrogen) atoms. The number of quaternary nitrogens is 1. The van der Waals surface area contributed by atoms with Crippen molar-refractivity contribution < 1.29 is 18.1 Å². The van der Waals surface area contributed by atoms with Crippen LogP contribution in [0.25, 0.3) is 0 Å². The van der Waals surface area contributed by atoms with Gasteiger partial charge >= 0.3 is 0 Å². The van der Waals surface area contributed by atoms with Gasteiger partial charge in [-0.2, -0.15) is 4.31 Å². The number of nitrogens with zero attached hydrogens (tertiary/aromatic N) is 2. The van der Waals surface area contributed by atoms with Gasteiger partial charge in [0.15, 0.2) is 6.54 Å². The number of anilines is 1. The Morgan fingerprint density at radius 3 is 2.45 bits per heavy atom. The van der Waals surface area contributed by atoms with Gasteiger partial charge in [0.2, 0.25) is 10.0 Å². The molecule has 2 aromatic rings. The van der Waals surface area contributed by atoms with Crippen LogP contribution in [0.4, 0.5) is 5.69 Å². The highest BCUT2D eigenvalue weighted by Crippen LogP contribution is 2.27. The minimum Gasteiger partial charge on any atom is -0.325 e. The first-order valence-electron chi connectivity index (χ1n) is 10.2. The lowest BCUT2D eigenvalue weighted by molar-refractivity contribution is -0.895. The number of nitrogens with one attached hydrogen (secondary N) is 1. The SMILES string of the molecule is Cc1ccc(S(=O)(=O)N2CC[NH+](CC(=O)N3CCc4ccccc43)CC2)cc1C. The van der Waals surface area contributed by atoms with Crippen LogP contribution in [0.5, 0.6) is 0 Å². The molecule has 1 amide bonds. The number of fused-ring (bicyclic) bond motifs is 1. The van der Waals surface area contributed by atoms with Gasteiger partial charge in [-0.1, -0.05) is 24.3 Å². The van der Waals surface area contributed by atoms with E-state index in [0.29, 0.717) is 37.6 Å². The summed E-state index contributed by atoms with van der Waals surface area (Å²) in [6.45, 7) is 7.21. The molecule has 2 aromatic carbocycles. The number of carbonyl (C=O) groups is 1. The third-order valence-corrected chi connectivity index (χ3v) is 8.03. The summed E-state index contributed by atoms with van der Waals surface area (Å²) < 4.78 is 27.5. The Balaban J connectivity index is 1.37. The molecule has 0 aromatic heterocycles. The molecule has 4 rings (SSSR count). The first kappa shape index (κ1) is 20.1. The molecular formula is C22H28N3O3S+. The second kappa shape index (κ2) is 7.89. The van der Waals surface area contributed by atoms with E-state index in [-0.39, 0.29) is 5.91 Å². The lowest BCUT2D eigenvalue weighted by atomic mass is 10.1. The van der Waals surface area contributed by atoms with Gasteiger partial charge in [-0.15, -0.1) is 0 Å². The van der Waals surface area contributed by atoms with Crippen LogP contribution in [0, 0.1) is 13.8 Å². The van der Waals surface area contributed by atoms with Gasteiger partial charge in [0.1, 0.15) is 0 Å². The highest BCUT2D eigenvalue weighted by molar-refractivity contribution is 7.89. The molecule has 1 saturated heterocycles. The number of hydrogen-bond donors (Lipinski definition) is 1. The fourth-order valence-corrected chi connectivity index (χ4v) is 5.68. The molecule has 154 valence electrons. The fraction of sp³-hybridized carbons (Fsp3) is 0.409. The van der Waals surface area contributed by atoms with Crippen LogP contribution in [0.1, 0.15) is 16.7 Å². The van der Waals surface area contributed by atoms with Crippen LogP contribution >= 0.6 is 0 Å². The number of piperazine rings is 1. The highest BCUT2D eigenvalue weighted by Gasteiger charge is 2.33. The van der Waals surface area contributed by atoms with Crippen LogP contribution in [0.2, 0.25) is 0 Å². The van der Waals surface area contributed by atoms with Gasteiger partial charge in [0.25, 0.3) is 5.91 Å². The van der Waals surface area contributed by atoms with Crippen molar-refractivity contribution in [3.63, 3.8) is 0 Å². The summed E-state index contributed by atoms with van der Waals surface area (Å²) in [5.74, 6) is 0.121. The fourth-order valence-electron chi connectivity index (χ4n) is 4.15. The van der Waals surface area contributed by atoms with Crippen LogP contribution < -0.4 is 9.80 Å². The third-order valence-electron chi connectivity index (χ3n) is 6.14. The van der Waals surface area contributed by atoms with E-state index in [0.717, 1.165) is 34.7 Å². The number of benzene rings is 2. The van der Waals surface area contributed by atoms with Crippen molar-refractivity contribution in [3.05, 3.63) is 59.2 Å². The van der Waals surface area contributed by atoms with Crippen LogP contribution in [-0.4, -0.2) is 57.9 Å². The molecule has 1 fully saturated rings. The summed E-state index contributed by atoms with van der Waals surface area (Å²) in [6, 6.07) is 13.3. The number of aryl methyl sites for hydroxylation is 2. The molecule has 6 nitrogen and oxygen atoms in total. The molecule has 7 heteroatoms. The van der Waals surface area contributed by atoms with E-state index >= 15 is 0 Å². The molecule has 2 aliphatic rings. The Hall–Kier alpha value is -2.22. The standard InChI is InChI=1S/C22H27N3O3S/c1-17-7-8-20(15-18(17)2)29(27,28)24-13-11-23(12-14-24)16-22(26)25-10-9-19-5-3-4-6-21(19)25/h3-8,15H,9-14,16H2,1-2H3/p+1. The van der Waals surface area contributed by atoms with E-state index < -0.39 is 10.0 Å². The first-order valence-corrected chi connectivity index (χ1v) is 11.6. The monoisotopic (exact) mass is 414 g/mol. The molecule has 0 radical (unpaired) electrons. The summed E-state index contributed by atoms with van der Waals surface area (Å²) in [4.78, 5) is 16.2. The molecule has 0 aliphatic carbocycles. The zero-order valence-electron chi connectivity index (χ0n) is 17.0.